The van der Waals surface area contributed by atoms with Gasteiger partial charge in [-0.3, -0.25) is 14.4 Å². The fourth-order valence-electron chi connectivity index (χ4n) is 5.57. The van der Waals surface area contributed by atoms with Crippen LogP contribution in [0, 0.1) is 24.5 Å². The van der Waals surface area contributed by atoms with Gasteiger partial charge in [-0.05, 0) is 62.0 Å². The Kier molecular flexibility index (Phi) is 4.23. The molecule has 4 saturated heterocycles. The van der Waals surface area contributed by atoms with Gasteiger partial charge >= 0.3 is 0 Å². The molecule has 4 aliphatic rings. The number of hydrogen-bond donors (Lipinski definition) is 0. The van der Waals surface area contributed by atoms with E-state index in [2.05, 4.69) is 10.00 Å². The van der Waals surface area contributed by atoms with E-state index < -0.39 is 11.6 Å². The van der Waals surface area contributed by atoms with Gasteiger partial charge in [-0.25, -0.2) is 8.78 Å². The maximum Gasteiger partial charge on any atom is 0.244 e. The molecular weight excluding hydrogens is 362 g/mol. The number of amides is 1. The van der Waals surface area contributed by atoms with Crippen molar-refractivity contribution in [3.8, 4) is 0 Å². The van der Waals surface area contributed by atoms with E-state index in [-0.39, 0.29) is 30.5 Å². The van der Waals surface area contributed by atoms with Crippen molar-refractivity contribution in [3.63, 3.8) is 0 Å². The van der Waals surface area contributed by atoms with Crippen LogP contribution in [0.15, 0.2) is 30.6 Å². The second-order valence-electron chi connectivity index (χ2n) is 8.43. The summed E-state index contributed by atoms with van der Waals surface area (Å²) in [7, 11) is 0. The van der Waals surface area contributed by atoms with Gasteiger partial charge in [0, 0.05) is 30.8 Å². The van der Waals surface area contributed by atoms with E-state index in [1.54, 1.807) is 10.9 Å². The second-order valence-corrected chi connectivity index (χ2v) is 8.43. The minimum absolute atomic E-state index is 0.0335. The van der Waals surface area contributed by atoms with Gasteiger partial charge < -0.3 is 4.90 Å². The van der Waals surface area contributed by atoms with Gasteiger partial charge in [-0.15, -0.1) is 0 Å². The Morgan fingerprint density at radius 1 is 1.14 bits per heavy atom. The molecule has 6 rings (SSSR count). The highest BCUT2D eigenvalue weighted by Crippen LogP contribution is 2.46. The summed E-state index contributed by atoms with van der Waals surface area (Å²) in [5.74, 6) is -0.687. The Labute approximate surface area is 162 Å². The van der Waals surface area contributed by atoms with E-state index >= 15 is 0 Å². The highest BCUT2D eigenvalue weighted by Gasteiger charge is 2.54. The first-order valence-corrected chi connectivity index (χ1v) is 9.98. The molecule has 7 heteroatoms. The molecule has 4 aliphatic heterocycles. The van der Waals surface area contributed by atoms with Crippen LogP contribution in [0.25, 0.3) is 0 Å². The third-order valence-corrected chi connectivity index (χ3v) is 6.69. The van der Waals surface area contributed by atoms with Crippen molar-refractivity contribution < 1.29 is 13.6 Å². The van der Waals surface area contributed by atoms with E-state index in [4.69, 9.17) is 0 Å². The zero-order chi connectivity index (χ0) is 19.4. The number of likely N-dealkylation sites (tertiary alicyclic amines) is 1. The first-order valence-electron chi connectivity index (χ1n) is 9.98. The van der Waals surface area contributed by atoms with E-state index in [9.17, 15) is 13.6 Å². The van der Waals surface area contributed by atoms with Crippen molar-refractivity contribution in [2.75, 3.05) is 19.6 Å². The molecule has 4 fully saturated rings. The summed E-state index contributed by atoms with van der Waals surface area (Å²) in [5.41, 5.74) is 1.67. The zero-order valence-corrected chi connectivity index (χ0v) is 15.9. The molecule has 0 N–H and O–H groups in total. The van der Waals surface area contributed by atoms with E-state index in [1.165, 1.54) is 12.1 Å². The number of aryl methyl sites for hydroxylation is 1. The van der Waals surface area contributed by atoms with Crippen LogP contribution in [0.1, 0.15) is 29.9 Å². The third-order valence-electron chi connectivity index (χ3n) is 6.69. The number of hydrogen-bond acceptors (Lipinski definition) is 3. The average molecular weight is 386 g/mol. The Morgan fingerprint density at radius 2 is 1.86 bits per heavy atom. The smallest absolute Gasteiger partial charge is 0.244 e. The van der Waals surface area contributed by atoms with Crippen LogP contribution in [0.2, 0.25) is 0 Å². The molecule has 1 aromatic carbocycles. The summed E-state index contributed by atoms with van der Waals surface area (Å²) < 4.78 is 29.5. The Balaban J connectivity index is 1.47. The first-order chi connectivity index (χ1) is 13.5. The Morgan fingerprint density at radius 3 is 2.50 bits per heavy atom. The van der Waals surface area contributed by atoms with E-state index in [0.29, 0.717) is 18.0 Å². The summed E-state index contributed by atoms with van der Waals surface area (Å²) in [6.45, 7) is 4.65. The highest BCUT2D eigenvalue weighted by atomic mass is 19.1. The predicted molar refractivity (Wildman–Crippen MR) is 99.6 cm³/mol. The summed E-state index contributed by atoms with van der Waals surface area (Å²) in [6, 6.07) is 4.02. The highest BCUT2D eigenvalue weighted by molar-refractivity contribution is 5.77. The number of nitrogens with zero attached hydrogens (tertiary/aromatic N) is 4. The van der Waals surface area contributed by atoms with Gasteiger partial charge in [0.1, 0.15) is 18.2 Å². The fraction of sp³-hybridized carbons (Fsp3) is 0.524. The topological polar surface area (TPSA) is 41.4 Å². The molecule has 28 heavy (non-hydrogen) atoms. The minimum atomic E-state index is -0.556. The van der Waals surface area contributed by atoms with Crippen LogP contribution in [0.3, 0.4) is 0 Å². The van der Waals surface area contributed by atoms with E-state index in [1.807, 2.05) is 18.0 Å². The number of benzene rings is 1. The molecule has 5 nitrogen and oxygen atoms in total. The molecule has 2 bridgehead atoms. The number of rotatable bonds is 3. The van der Waals surface area contributed by atoms with Crippen LogP contribution < -0.4 is 0 Å². The van der Waals surface area contributed by atoms with Crippen molar-refractivity contribution in [1.29, 1.82) is 0 Å². The molecule has 0 aliphatic carbocycles. The Bertz CT molecular complexity index is 885. The van der Waals surface area contributed by atoms with Gasteiger partial charge in [0.15, 0.2) is 0 Å². The van der Waals surface area contributed by atoms with Crippen molar-refractivity contribution in [1.82, 2.24) is 19.6 Å². The van der Waals surface area contributed by atoms with Crippen molar-refractivity contribution in [2.24, 2.45) is 5.92 Å². The zero-order valence-electron chi connectivity index (χ0n) is 15.9. The van der Waals surface area contributed by atoms with Gasteiger partial charge in [-0.1, -0.05) is 0 Å². The number of aromatic nitrogens is 2. The summed E-state index contributed by atoms with van der Waals surface area (Å²) in [5, 5.41) is 4.24. The lowest BCUT2D eigenvalue weighted by Gasteiger charge is -2.51. The quantitative estimate of drug-likeness (QED) is 0.814. The van der Waals surface area contributed by atoms with Crippen molar-refractivity contribution >= 4 is 5.91 Å². The monoisotopic (exact) mass is 386 g/mol. The molecule has 0 unspecified atom stereocenters. The second kappa shape index (κ2) is 6.65. The predicted octanol–water partition coefficient (Wildman–Crippen LogP) is 2.56. The van der Waals surface area contributed by atoms with Crippen LogP contribution >= 0.6 is 0 Å². The largest absolute Gasteiger partial charge is 0.336 e. The molecule has 5 heterocycles. The molecular formula is C21H24F2N4O. The molecule has 1 aromatic heterocycles. The number of piperidine rings is 3. The third kappa shape index (κ3) is 2.92. The molecule has 1 amide bonds. The maximum atomic E-state index is 13.9. The van der Waals surface area contributed by atoms with Gasteiger partial charge in [0.2, 0.25) is 5.91 Å². The van der Waals surface area contributed by atoms with Crippen molar-refractivity contribution in [3.05, 3.63) is 53.4 Å². The first kappa shape index (κ1) is 17.8. The SMILES string of the molecule is Cc1cnn(CC(=O)N2C[C@H](c3cc(F)cc(F)c3)[C@H]3[C@@H]2C2CCN3CC2)c1. The normalized spacial score (nSPS) is 31.2. The molecule has 0 spiro atoms. The minimum Gasteiger partial charge on any atom is -0.336 e. The van der Waals surface area contributed by atoms with Crippen LogP contribution in [0.5, 0.6) is 0 Å². The van der Waals surface area contributed by atoms with Crippen molar-refractivity contribution in [2.45, 2.75) is 44.3 Å². The van der Waals surface area contributed by atoms with Crippen LogP contribution in [-0.4, -0.2) is 57.2 Å². The van der Waals surface area contributed by atoms with Crippen LogP contribution in [-0.2, 0) is 11.3 Å². The lowest BCUT2D eigenvalue weighted by Crippen LogP contribution is -2.61. The Hall–Kier alpha value is -2.28. The maximum absolute atomic E-state index is 13.9. The number of fused-ring (bicyclic) bond motifs is 2. The van der Waals surface area contributed by atoms with E-state index in [0.717, 1.165) is 37.6 Å². The van der Waals surface area contributed by atoms with Gasteiger partial charge in [0.05, 0.1) is 12.2 Å². The lowest BCUT2D eigenvalue weighted by molar-refractivity contribution is -0.136. The molecule has 3 atom stereocenters. The summed E-state index contributed by atoms with van der Waals surface area (Å²) in [6.07, 6.45) is 5.76. The number of carbonyl (C=O) groups is 1. The summed E-state index contributed by atoms with van der Waals surface area (Å²) in [4.78, 5) is 17.5. The van der Waals surface area contributed by atoms with Gasteiger partial charge in [-0.2, -0.15) is 5.10 Å². The summed E-state index contributed by atoms with van der Waals surface area (Å²) >= 11 is 0. The average Bonchev–Trinajstić information content (AvgIpc) is 3.27. The number of halogens is 2. The number of carbonyl (C=O) groups excluding carboxylic acids is 1. The fourth-order valence-corrected chi connectivity index (χ4v) is 5.57. The molecule has 2 aromatic rings. The van der Waals surface area contributed by atoms with Gasteiger partial charge in [0.25, 0.3) is 0 Å². The molecule has 148 valence electrons. The standard InChI is InChI=1S/C21H24F2N4O/c1-13-9-24-26(10-13)12-19(28)27-11-18(15-6-16(22)8-17(23)7-15)21-20(27)14-2-4-25(21)5-3-14/h6-10,14,18,20-21H,2-5,11-12H2,1H3/t18-,20+,21+/m1/s1. The molecule has 0 saturated carbocycles. The molecule has 0 radical (unpaired) electrons. The lowest BCUT2D eigenvalue weighted by atomic mass is 9.75. The van der Waals surface area contributed by atoms with Crippen LogP contribution in [0.4, 0.5) is 8.78 Å².